The smallest absolute Gasteiger partial charge is 0.104 e. The molecule has 0 aromatic heterocycles. The lowest BCUT2D eigenvalue weighted by molar-refractivity contribution is 0.220. The number of hydrogen-bond donors (Lipinski definition) is 1. The maximum absolute atomic E-state index is 10.5. The molecule has 0 spiro atoms. The molecule has 0 saturated carbocycles. The van der Waals surface area contributed by atoms with Crippen LogP contribution in [0.3, 0.4) is 0 Å². The molecule has 1 unspecified atom stereocenters. The number of halogens is 2. The third-order valence-corrected chi connectivity index (χ3v) is 5.38. The van der Waals surface area contributed by atoms with E-state index >= 15 is 0 Å². The van der Waals surface area contributed by atoms with Gasteiger partial charge in [-0.15, -0.1) is 0 Å². The molecule has 0 aliphatic carbocycles. The highest BCUT2D eigenvalue weighted by Gasteiger charge is 2.19. The first kappa shape index (κ1) is 16.5. The normalized spacial score (nSPS) is 13.2. The van der Waals surface area contributed by atoms with E-state index in [2.05, 4.69) is 48.8 Å². The van der Waals surface area contributed by atoms with Crippen LogP contribution in [0.5, 0.6) is 0 Å². The molecule has 3 heteroatoms. The molecule has 0 saturated heterocycles. The van der Waals surface area contributed by atoms with Gasteiger partial charge in [0.05, 0.1) is 5.02 Å². The molecule has 0 heterocycles. The number of aliphatic hydroxyl groups is 1. The van der Waals surface area contributed by atoms with E-state index in [0.717, 1.165) is 22.0 Å². The first-order valence-electron chi connectivity index (χ1n) is 7.08. The summed E-state index contributed by atoms with van der Waals surface area (Å²) in [5.74, 6) is 0. The number of rotatable bonds is 4. The van der Waals surface area contributed by atoms with E-state index in [0.29, 0.717) is 5.02 Å². The number of aliphatic hydroxyl groups excluding tert-OH is 1. The minimum absolute atomic E-state index is 0.157. The van der Waals surface area contributed by atoms with Crippen LogP contribution in [-0.4, -0.2) is 5.11 Å². The molecule has 0 bridgehead atoms. The van der Waals surface area contributed by atoms with Gasteiger partial charge < -0.3 is 5.11 Å². The number of benzene rings is 2. The quantitative estimate of drug-likeness (QED) is 0.716. The molecule has 112 valence electrons. The van der Waals surface area contributed by atoms with Gasteiger partial charge in [0, 0.05) is 4.47 Å². The lowest BCUT2D eigenvalue weighted by Crippen LogP contribution is -2.15. The topological polar surface area (TPSA) is 20.2 Å². The van der Waals surface area contributed by atoms with Crippen molar-refractivity contribution in [2.24, 2.45) is 0 Å². The third kappa shape index (κ3) is 3.68. The van der Waals surface area contributed by atoms with Crippen molar-refractivity contribution in [2.45, 2.75) is 38.7 Å². The fourth-order valence-electron chi connectivity index (χ4n) is 2.20. The third-order valence-electron chi connectivity index (χ3n) is 4.15. The van der Waals surface area contributed by atoms with E-state index in [9.17, 15) is 5.11 Å². The zero-order valence-corrected chi connectivity index (χ0v) is 14.9. The van der Waals surface area contributed by atoms with Crippen molar-refractivity contribution in [3.63, 3.8) is 0 Å². The number of hydrogen-bond acceptors (Lipinski definition) is 1. The highest BCUT2D eigenvalue weighted by Crippen LogP contribution is 2.31. The maximum Gasteiger partial charge on any atom is 0.104 e. The van der Waals surface area contributed by atoms with E-state index in [-0.39, 0.29) is 5.41 Å². The van der Waals surface area contributed by atoms with E-state index in [1.165, 1.54) is 5.56 Å². The molecule has 1 N–H and O–H groups in total. The van der Waals surface area contributed by atoms with Gasteiger partial charge >= 0.3 is 0 Å². The van der Waals surface area contributed by atoms with Gasteiger partial charge in [-0.25, -0.2) is 0 Å². The largest absolute Gasteiger partial charge is 0.384 e. The van der Waals surface area contributed by atoms with Gasteiger partial charge in [-0.2, -0.15) is 0 Å². The summed E-state index contributed by atoms with van der Waals surface area (Å²) in [7, 11) is 0. The molecular formula is C18H20BrClO. The summed E-state index contributed by atoms with van der Waals surface area (Å²) in [5, 5.41) is 11.1. The van der Waals surface area contributed by atoms with Gasteiger partial charge in [0.25, 0.3) is 0 Å². The summed E-state index contributed by atoms with van der Waals surface area (Å²) < 4.78 is 0.833. The second-order valence-corrected chi connectivity index (χ2v) is 7.20. The van der Waals surface area contributed by atoms with Crippen LogP contribution in [-0.2, 0) is 5.41 Å². The predicted octanol–water partition coefficient (Wildman–Crippen LogP) is 5.87. The van der Waals surface area contributed by atoms with Crippen LogP contribution in [0.1, 0.15) is 50.0 Å². The second kappa shape index (κ2) is 6.51. The summed E-state index contributed by atoms with van der Waals surface area (Å²) in [6.07, 6.45) is 0.423. The van der Waals surface area contributed by atoms with Crippen LogP contribution >= 0.6 is 27.5 Å². The van der Waals surface area contributed by atoms with E-state index in [1.807, 2.05) is 24.3 Å². The zero-order chi connectivity index (χ0) is 15.6. The van der Waals surface area contributed by atoms with Gasteiger partial charge in [-0.3, -0.25) is 0 Å². The molecule has 0 amide bonds. The molecule has 1 atom stereocenters. The Labute approximate surface area is 140 Å². The lowest BCUT2D eigenvalue weighted by atomic mass is 9.82. The molecule has 1 nitrogen and oxygen atoms in total. The van der Waals surface area contributed by atoms with Crippen molar-refractivity contribution in [2.75, 3.05) is 0 Å². The van der Waals surface area contributed by atoms with Crippen LogP contribution in [0, 0.1) is 0 Å². The van der Waals surface area contributed by atoms with Crippen LogP contribution in [0.15, 0.2) is 46.9 Å². The summed E-state index contributed by atoms with van der Waals surface area (Å²) >= 11 is 9.45. The van der Waals surface area contributed by atoms with Crippen molar-refractivity contribution in [3.8, 4) is 0 Å². The van der Waals surface area contributed by atoms with Crippen molar-refractivity contribution in [1.29, 1.82) is 0 Å². The summed E-state index contributed by atoms with van der Waals surface area (Å²) in [4.78, 5) is 0. The average molecular weight is 368 g/mol. The predicted molar refractivity (Wildman–Crippen MR) is 93.0 cm³/mol. The van der Waals surface area contributed by atoms with Gasteiger partial charge in [0.2, 0.25) is 0 Å². The van der Waals surface area contributed by atoms with E-state index in [1.54, 1.807) is 6.07 Å². The standard InChI is InChI=1S/C18H20BrClO/c1-4-18(2,3)14-8-5-12(6-9-14)17(21)13-7-10-15(19)16(20)11-13/h5-11,17,21H,4H2,1-3H3. The van der Waals surface area contributed by atoms with Gasteiger partial charge in [0.15, 0.2) is 0 Å². The molecule has 0 aliphatic heterocycles. The minimum atomic E-state index is -0.658. The average Bonchev–Trinajstić information content (AvgIpc) is 2.49. The molecule has 0 radical (unpaired) electrons. The maximum atomic E-state index is 10.5. The molecule has 2 aromatic carbocycles. The van der Waals surface area contributed by atoms with Crippen molar-refractivity contribution in [3.05, 3.63) is 68.7 Å². The first-order chi connectivity index (χ1) is 9.85. The first-order valence-corrected chi connectivity index (χ1v) is 8.25. The van der Waals surface area contributed by atoms with Crippen molar-refractivity contribution in [1.82, 2.24) is 0 Å². The second-order valence-electron chi connectivity index (χ2n) is 5.94. The molecular weight excluding hydrogens is 348 g/mol. The zero-order valence-electron chi connectivity index (χ0n) is 12.5. The lowest BCUT2D eigenvalue weighted by Gasteiger charge is -2.24. The Hall–Kier alpha value is -0.830. The monoisotopic (exact) mass is 366 g/mol. The Morgan fingerprint density at radius 3 is 2.19 bits per heavy atom. The Kier molecular flexibility index (Phi) is 5.13. The fraction of sp³-hybridized carbons (Fsp3) is 0.333. The van der Waals surface area contributed by atoms with Crippen molar-refractivity contribution < 1.29 is 5.11 Å². The van der Waals surface area contributed by atoms with E-state index < -0.39 is 6.10 Å². The Balaban J connectivity index is 2.27. The highest BCUT2D eigenvalue weighted by atomic mass is 79.9. The SMILES string of the molecule is CCC(C)(C)c1ccc(C(O)c2ccc(Br)c(Cl)c2)cc1. The van der Waals surface area contributed by atoms with Crippen LogP contribution in [0.25, 0.3) is 0 Å². The summed E-state index contributed by atoms with van der Waals surface area (Å²) in [6, 6.07) is 13.7. The molecule has 2 aromatic rings. The Bertz CT molecular complexity index is 620. The Morgan fingerprint density at radius 1 is 1.10 bits per heavy atom. The van der Waals surface area contributed by atoms with Crippen LogP contribution in [0.4, 0.5) is 0 Å². The van der Waals surface area contributed by atoms with Crippen molar-refractivity contribution >= 4 is 27.5 Å². The summed E-state index contributed by atoms with van der Waals surface area (Å²) in [6.45, 7) is 6.65. The Morgan fingerprint density at radius 2 is 1.67 bits per heavy atom. The molecule has 2 rings (SSSR count). The summed E-state index contributed by atoms with van der Waals surface area (Å²) in [5.41, 5.74) is 3.12. The highest BCUT2D eigenvalue weighted by molar-refractivity contribution is 9.10. The van der Waals surface area contributed by atoms with Crippen LogP contribution < -0.4 is 0 Å². The van der Waals surface area contributed by atoms with Gasteiger partial charge in [-0.1, -0.05) is 62.7 Å². The van der Waals surface area contributed by atoms with Gasteiger partial charge in [-0.05, 0) is 56.6 Å². The van der Waals surface area contributed by atoms with Gasteiger partial charge in [0.1, 0.15) is 6.10 Å². The molecule has 21 heavy (non-hydrogen) atoms. The molecule has 0 fully saturated rings. The van der Waals surface area contributed by atoms with E-state index in [4.69, 9.17) is 11.6 Å². The molecule has 0 aliphatic rings. The van der Waals surface area contributed by atoms with Crippen LogP contribution in [0.2, 0.25) is 5.02 Å². The fourth-order valence-corrected chi connectivity index (χ4v) is 2.63. The minimum Gasteiger partial charge on any atom is -0.384 e.